The molecule has 0 spiro atoms. The molecule has 0 aromatic heterocycles. The first-order chi connectivity index (χ1) is 10.8. The first-order valence-corrected chi connectivity index (χ1v) is 10.7. The molecule has 1 heterocycles. The van der Waals surface area contributed by atoms with Crippen molar-refractivity contribution in [3.63, 3.8) is 0 Å². The predicted molar refractivity (Wildman–Crippen MR) is 93.0 cm³/mol. The summed E-state index contributed by atoms with van der Waals surface area (Å²) < 4.78 is 0. The van der Waals surface area contributed by atoms with E-state index in [1.165, 1.54) is 51.6 Å². The fourth-order valence-corrected chi connectivity index (χ4v) is 7.02. The summed E-state index contributed by atoms with van der Waals surface area (Å²) in [6, 6.07) is 1.06. The number of likely N-dealkylation sites (tertiary alicyclic amines) is 1. The highest BCUT2D eigenvalue weighted by Crippen LogP contribution is 2.45. The number of rotatable bonds is 2. The van der Waals surface area contributed by atoms with Crippen LogP contribution in [0.2, 0.25) is 0 Å². The van der Waals surface area contributed by atoms with Gasteiger partial charge in [-0.15, -0.1) is 0 Å². The van der Waals surface area contributed by atoms with Crippen LogP contribution in [0.3, 0.4) is 0 Å². The van der Waals surface area contributed by atoms with Crippen LogP contribution in [-0.4, -0.2) is 19.1 Å². The van der Waals surface area contributed by atoms with Crippen LogP contribution in [-0.2, 0) is 0 Å². The second kappa shape index (κ2) is 6.83. The Morgan fingerprint density at radius 1 is 0.727 bits per heavy atom. The van der Waals surface area contributed by atoms with Crippen LogP contribution in [0.1, 0.15) is 84.0 Å². The number of quaternary nitrogens is 1. The third-order valence-electron chi connectivity index (χ3n) is 8.26. The molecule has 126 valence electrons. The minimum Gasteiger partial charge on any atom is -0.332 e. The first kappa shape index (κ1) is 15.5. The average Bonchev–Trinajstić information content (AvgIpc) is 2.57. The summed E-state index contributed by atoms with van der Waals surface area (Å²) in [4.78, 5) is 2.05. The normalized spacial score (nSPS) is 49.2. The van der Waals surface area contributed by atoms with Crippen molar-refractivity contribution in [1.29, 1.82) is 0 Å². The number of fused-ring (bicyclic) bond motifs is 3. The Morgan fingerprint density at radius 2 is 1.50 bits per heavy atom. The van der Waals surface area contributed by atoms with Crippen LogP contribution in [0, 0.1) is 29.6 Å². The van der Waals surface area contributed by atoms with Gasteiger partial charge in [0.1, 0.15) is 0 Å². The molecule has 4 fully saturated rings. The summed E-state index contributed by atoms with van der Waals surface area (Å²) in [6.45, 7) is 5.57. The zero-order chi connectivity index (χ0) is 14.9. The average molecular weight is 305 g/mol. The van der Waals surface area contributed by atoms with E-state index in [0.29, 0.717) is 0 Å². The van der Waals surface area contributed by atoms with E-state index in [4.69, 9.17) is 0 Å². The molecule has 0 bridgehead atoms. The van der Waals surface area contributed by atoms with E-state index in [1.807, 2.05) is 0 Å². The molecule has 4 rings (SSSR count). The molecule has 7 atom stereocenters. The third-order valence-corrected chi connectivity index (χ3v) is 8.26. The standard InChI is InChI=1S/C21H37N/c1-16-7-2-3-9-18(16)15-22-14-6-11-20-19-10-5-4-8-17(19)12-13-21(20)22/h16-21H,2-15H2,1H3/p+1. The van der Waals surface area contributed by atoms with Gasteiger partial charge in [0.25, 0.3) is 0 Å². The lowest BCUT2D eigenvalue weighted by atomic mass is 9.61. The van der Waals surface area contributed by atoms with Crippen molar-refractivity contribution < 1.29 is 4.90 Å². The molecule has 0 aromatic carbocycles. The van der Waals surface area contributed by atoms with Gasteiger partial charge in [-0.1, -0.05) is 45.4 Å². The van der Waals surface area contributed by atoms with Crippen molar-refractivity contribution in [1.82, 2.24) is 0 Å². The highest BCUT2D eigenvalue weighted by Gasteiger charge is 2.46. The van der Waals surface area contributed by atoms with Gasteiger partial charge in [-0.05, 0) is 56.3 Å². The summed E-state index contributed by atoms with van der Waals surface area (Å²) >= 11 is 0. The van der Waals surface area contributed by atoms with Crippen LogP contribution >= 0.6 is 0 Å². The molecule has 7 unspecified atom stereocenters. The Hall–Kier alpha value is -0.0400. The lowest BCUT2D eigenvalue weighted by Crippen LogP contribution is -3.18. The summed E-state index contributed by atoms with van der Waals surface area (Å²) in [7, 11) is 0. The molecule has 3 saturated carbocycles. The van der Waals surface area contributed by atoms with Gasteiger partial charge in [-0.25, -0.2) is 0 Å². The molecule has 0 radical (unpaired) electrons. The van der Waals surface area contributed by atoms with Gasteiger partial charge in [0.2, 0.25) is 0 Å². The molecule has 0 amide bonds. The maximum Gasteiger partial charge on any atom is 0.0906 e. The molecular formula is C21H38N+. The molecule has 1 saturated heterocycles. The minimum absolute atomic E-state index is 1.01. The number of hydrogen-bond donors (Lipinski definition) is 1. The Kier molecular flexibility index (Phi) is 4.81. The van der Waals surface area contributed by atoms with Gasteiger partial charge >= 0.3 is 0 Å². The Bertz CT molecular complexity index is 365. The number of nitrogens with one attached hydrogen (secondary N) is 1. The zero-order valence-corrected chi connectivity index (χ0v) is 14.9. The minimum atomic E-state index is 1.01. The Labute approximate surface area is 138 Å². The van der Waals surface area contributed by atoms with E-state index in [9.17, 15) is 0 Å². The highest BCUT2D eigenvalue weighted by atomic mass is 15.2. The molecule has 1 heteroatoms. The summed E-state index contributed by atoms with van der Waals surface area (Å²) in [5.41, 5.74) is 0. The molecule has 22 heavy (non-hydrogen) atoms. The molecule has 0 aromatic rings. The monoisotopic (exact) mass is 304 g/mol. The van der Waals surface area contributed by atoms with Crippen molar-refractivity contribution in [3.05, 3.63) is 0 Å². The van der Waals surface area contributed by atoms with Crippen LogP contribution < -0.4 is 4.90 Å². The number of piperidine rings is 1. The smallest absolute Gasteiger partial charge is 0.0906 e. The van der Waals surface area contributed by atoms with E-state index < -0.39 is 0 Å². The van der Waals surface area contributed by atoms with Gasteiger partial charge in [0, 0.05) is 11.8 Å². The van der Waals surface area contributed by atoms with Crippen molar-refractivity contribution >= 4 is 0 Å². The maximum absolute atomic E-state index is 2.54. The zero-order valence-electron chi connectivity index (χ0n) is 14.9. The summed E-state index contributed by atoms with van der Waals surface area (Å²) in [5, 5.41) is 0. The van der Waals surface area contributed by atoms with Gasteiger partial charge < -0.3 is 4.90 Å². The van der Waals surface area contributed by atoms with Crippen LogP contribution in [0.4, 0.5) is 0 Å². The van der Waals surface area contributed by atoms with Gasteiger partial charge in [0.05, 0.1) is 19.1 Å². The van der Waals surface area contributed by atoms with Gasteiger partial charge in [-0.3, -0.25) is 0 Å². The second-order valence-corrected chi connectivity index (χ2v) is 9.33. The summed E-state index contributed by atoms with van der Waals surface area (Å²) in [6.07, 6.45) is 18.6. The van der Waals surface area contributed by atoms with Crippen molar-refractivity contribution in [2.75, 3.05) is 13.1 Å². The second-order valence-electron chi connectivity index (χ2n) is 9.33. The fourth-order valence-electron chi connectivity index (χ4n) is 7.02. The van der Waals surface area contributed by atoms with E-state index in [0.717, 1.165) is 35.6 Å². The van der Waals surface area contributed by atoms with E-state index >= 15 is 0 Å². The van der Waals surface area contributed by atoms with Gasteiger partial charge in [-0.2, -0.15) is 0 Å². The maximum atomic E-state index is 2.54. The number of hydrogen-bond acceptors (Lipinski definition) is 0. The first-order valence-electron chi connectivity index (χ1n) is 10.7. The molecule has 1 N–H and O–H groups in total. The third kappa shape index (κ3) is 2.99. The lowest BCUT2D eigenvalue weighted by Gasteiger charge is -2.50. The van der Waals surface area contributed by atoms with Gasteiger partial charge in [0.15, 0.2) is 0 Å². The predicted octanol–water partition coefficient (Wildman–Crippen LogP) is 4.08. The topological polar surface area (TPSA) is 4.44 Å². The van der Waals surface area contributed by atoms with Crippen molar-refractivity contribution in [2.24, 2.45) is 29.6 Å². The fraction of sp³-hybridized carbons (Fsp3) is 1.00. The van der Waals surface area contributed by atoms with E-state index in [-0.39, 0.29) is 0 Å². The van der Waals surface area contributed by atoms with Crippen LogP contribution in [0.25, 0.3) is 0 Å². The molecule has 4 aliphatic rings. The Morgan fingerprint density at radius 3 is 2.41 bits per heavy atom. The quantitative estimate of drug-likeness (QED) is 0.784. The van der Waals surface area contributed by atoms with Crippen LogP contribution in [0.15, 0.2) is 0 Å². The molecule has 3 aliphatic carbocycles. The SMILES string of the molecule is CC1CCCCC1C[NH+]1CCCC2C3CCCCC3CCC21. The summed E-state index contributed by atoms with van der Waals surface area (Å²) in [5.74, 6) is 5.43. The van der Waals surface area contributed by atoms with E-state index in [2.05, 4.69) is 11.8 Å². The van der Waals surface area contributed by atoms with Crippen LogP contribution in [0.5, 0.6) is 0 Å². The van der Waals surface area contributed by atoms with Crippen molar-refractivity contribution in [3.8, 4) is 0 Å². The molecule has 1 nitrogen and oxygen atoms in total. The highest BCUT2D eigenvalue weighted by molar-refractivity contribution is 4.91. The van der Waals surface area contributed by atoms with Crippen molar-refractivity contribution in [2.45, 2.75) is 90.0 Å². The molecule has 1 aliphatic heterocycles. The lowest BCUT2D eigenvalue weighted by molar-refractivity contribution is -0.940. The van der Waals surface area contributed by atoms with E-state index in [1.54, 1.807) is 38.5 Å². The Balaban J connectivity index is 1.43. The largest absolute Gasteiger partial charge is 0.332 e. The molecular weight excluding hydrogens is 266 g/mol.